The highest BCUT2D eigenvalue weighted by Gasteiger charge is 2.22. The largest absolute Gasteiger partial charge is 0.364 e. The summed E-state index contributed by atoms with van der Waals surface area (Å²) in [6.45, 7) is 8.89. The minimum Gasteiger partial charge on any atom is -0.364 e. The third kappa shape index (κ3) is 2.88. The van der Waals surface area contributed by atoms with Crippen molar-refractivity contribution in [3.05, 3.63) is 35.5 Å². The fraction of sp³-hybridized carbons (Fsp3) is 0.500. The summed E-state index contributed by atoms with van der Waals surface area (Å²) in [5.74, 6) is 0. The van der Waals surface area contributed by atoms with Crippen molar-refractivity contribution in [2.75, 3.05) is 13.7 Å². The number of ether oxygens (including phenoxy) is 1. The highest BCUT2D eigenvalue weighted by Crippen LogP contribution is 2.30. The molecule has 0 N–H and O–H groups in total. The van der Waals surface area contributed by atoms with Crippen molar-refractivity contribution in [3.8, 4) is 0 Å². The molecule has 1 aromatic heterocycles. The third-order valence-corrected chi connectivity index (χ3v) is 4.06. The van der Waals surface area contributed by atoms with Gasteiger partial charge in [0, 0.05) is 24.7 Å². The lowest BCUT2D eigenvalue weighted by Crippen LogP contribution is -2.31. The van der Waals surface area contributed by atoms with Gasteiger partial charge in [0.05, 0.1) is 23.9 Å². The van der Waals surface area contributed by atoms with Crippen LogP contribution in [0.4, 0.5) is 0 Å². The normalized spacial score (nSPS) is 15.7. The number of para-hydroxylation sites is 1. The van der Waals surface area contributed by atoms with Gasteiger partial charge in [-0.3, -0.25) is 4.99 Å². The maximum atomic E-state index is 5.42. The Bertz CT molecular complexity index is 694. The van der Waals surface area contributed by atoms with E-state index in [4.69, 9.17) is 4.74 Å². The van der Waals surface area contributed by atoms with Crippen molar-refractivity contribution in [2.45, 2.75) is 46.0 Å². The van der Waals surface area contributed by atoms with Gasteiger partial charge in [0.1, 0.15) is 6.73 Å². The number of nitrogens with zero attached hydrogens (tertiary/aromatic N) is 3. The maximum absolute atomic E-state index is 5.42. The third-order valence-electron chi connectivity index (χ3n) is 4.06. The van der Waals surface area contributed by atoms with E-state index in [-0.39, 0.29) is 5.54 Å². The lowest BCUT2D eigenvalue weighted by Gasteiger charge is -2.27. The number of rotatable bonds is 3. The quantitative estimate of drug-likeness (QED) is 0.642. The van der Waals surface area contributed by atoms with Gasteiger partial charge in [-0.05, 0) is 38.8 Å². The van der Waals surface area contributed by atoms with Gasteiger partial charge >= 0.3 is 0 Å². The molecule has 1 aromatic carbocycles. The van der Waals surface area contributed by atoms with Crippen molar-refractivity contribution >= 4 is 17.2 Å². The summed E-state index contributed by atoms with van der Waals surface area (Å²) >= 11 is 0. The zero-order valence-corrected chi connectivity index (χ0v) is 14.0. The summed E-state index contributed by atoms with van der Waals surface area (Å²) in [6, 6.07) is 8.62. The average molecular weight is 299 g/mol. The molecule has 4 heteroatoms. The standard InChI is InChI=1S/C18H25N3O/c1-18(2,3)19-12-20-10-9-15-14-7-5-6-8-16(14)21(13-22-4)17(15)11-20/h5-8,12H,9-11,13H2,1-4H3. The molecule has 0 radical (unpaired) electrons. The van der Waals surface area contributed by atoms with E-state index in [2.05, 4.69) is 59.5 Å². The molecule has 2 heterocycles. The number of aromatic nitrogens is 1. The number of hydrogen-bond acceptors (Lipinski definition) is 2. The van der Waals surface area contributed by atoms with Gasteiger partial charge in [0.15, 0.2) is 0 Å². The SMILES string of the molecule is COCn1c2c(c3ccccc31)CCN(C=NC(C)(C)C)C2. The van der Waals surface area contributed by atoms with Crippen LogP contribution in [0.5, 0.6) is 0 Å². The van der Waals surface area contributed by atoms with Gasteiger partial charge in [-0.15, -0.1) is 0 Å². The second-order valence-corrected chi connectivity index (χ2v) is 6.92. The summed E-state index contributed by atoms with van der Waals surface area (Å²) in [5.41, 5.74) is 4.06. The highest BCUT2D eigenvalue weighted by atomic mass is 16.5. The summed E-state index contributed by atoms with van der Waals surface area (Å²) in [6.07, 6.45) is 3.07. The van der Waals surface area contributed by atoms with Crippen LogP contribution < -0.4 is 0 Å². The number of aliphatic imine (C=N–C) groups is 1. The van der Waals surface area contributed by atoms with Gasteiger partial charge in [-0.1, -0.05) is 18.2 Å². The summed E-state index contributed by atoms with van der Waals surface area (Å²) in [5, 5.41) is 1.36. The molecule has 0 fully saturated rings. The molecule has 0 bridgehead atoms. The van der Waals surface area contributed by atoms with Crippen molar-refractivity contribution in [1.82, 2.24) is 9.47 Å². The molecule has 0 saturated carbocycles. The van der Waals surface area contributed by atoms with Crippen molar-refractivity contribution in [1.29, 1.82) is 0 Å². The molecule has 0 aliphatic carbocycles. The Labute approximate surface area is 132 Å². The van der Waals surface area contributed by atoms with Crippen LogP contribution in [-0.4, -0.2) is 35.0 Å². The first-order chi connectivity index (χ1) is 10.5. The van der Waals surface area contributed by atoms with Gasteiger partial charge < -0.3 is 14.2 Å². The van der Waals surface area contributed by atoms with Crippen LogP contribution in [0.1, 0.15) is 32.0 Å². The molecule has 118 valence electrons. The van der Waals surface area contributed by atoms with E-state index in [9.17, 15) is 0 Å². The van der Waals surface area contributed by atoms with Crippen LogP contribution in [0.25, 0.3) is 10.9 Å². The summed E-state index contributed by atoms with van der Waals surface area (Å²) in [7, 11) is 1.75. The predicted molar refractivity (Wildman–Crippen MR) is 91.3 cm³/mol. The van der Waals surface area contributed by atoms with E-state index in [0.717, 1.165) is 19.5 Å². The van der Waals surface area contributed by atoms with Crippen LogP contribution >= 0.6 is 0 Å². The molecular formula is C18H25N3O. The molecule has 0 unspecified atom stereocenters. The first-order valence-corrected chi connectivity index (χ1v) is 7.87. The lowest BCUT2D eigenvalue weighted by atomic mass is 10.0. The first-order valence-electron chi connectivity index (χ1n) is 7.87. The molecule has 0 amide bonds. The Morgan fingerprint density at radius 2 is 2.05 bits per heavy atom. The monoisotopic (exact) mass is 299 g/mol. The Morgan fingerprint density at radius 3 is 2.77 bits per heavy atom. The molecule has 0 atom stereocenters. The Kier molecular flexibility index (Phi) is 3.96. The van der Waals surface area contributed by atoms with Crippen LogP contribution in [0, 0.1) is 0 Å². The number of fused-ring (bicyclic) bond motifs is 3. The summed E-state index contributed by atoms with van der Waals surface area (Å²) < 4.78 is 7.71. The van der Waals surface area contributed by atoms with Crippen molar-refractivity contribution in [2.24, 2.45) is 4.99 Å². The maximum Gasteiger partial charge on any atom is 0.122 e. The zero-order chi connectivity index (χ0) is 15.7. The smallest absolute Gasteiger partial charge is 0.122 e. The summed E-state index contributed by atoms with van der Waals surface area (Å²) in [4.78, 5) is 6.95. The molecule has 1 aliphatic rings. The number of hydrogen-bond donors (Lipinski definition) is 0. The molecule has 1 aliphatic heterocycles. The van der Waals surface area contributed by atoms with Gasteiger partial charge in [-0.2, -0.15) is 0 Å². The number of methoxy groups -OCH3 is 1. The fourth-order valence-electron chi connectivity index (χ4n) is 3.04. The van der Waals surface area contributed by atoms with Crippen LogP contribution in [0.3, 0.4) is 0 Å². The Hall–Kier alpha value is -1.81. The van der Waals surface area contributed by atoms with E-state index in [0.29, 0.717) is 6.73 Å². The van der Waals surface area contributed by atoms with Crippen molar-refractivity contribution in [3.63, 3.8) is 0 Å². The Morgan fingerprint density at radius 1 is 1.27 bits per heavy atom. The van der Waals surface area contributed by atoms with Gasteiger partial charge in [-0.25, -0.2) is 0 Å². The average Bonchev–Trinajstić information content (AvgIpc) is 2.79. The van der Waals surface area contributed by atoms with E-state index in [1.807, 2.05) is 6.34 Å². The topological polar surface area (TPSA) is 29.8 Å². The second-order valence-electron chi connectivity index (χ2n) is 6.92. The first kappa shape index (κ1) is 15.1. The lowest BCUT2D eigenvalue weighted by molar-refractivity contribution is 0.130. The minimum absolute atomic E-state index is 0.0283. The molecule has 3 rings (SSSR count). The van der Waals surface area contributed by atoms with E-state index >= 15 is 0 Å². The van der Waals surface area contributed by atoms with Crippen LogP contribution in [0.15, 0.2) is 29.3 Å². The molecule has 22 heavy (non-hydrogen) atoms. The van der Waals surface area contributed by atoms with Crippen LogP contribution in [-0.2, 0) is 24.4 Å². The van der Waals surface area contributed by atoms with Crippen LogP contribution in [0.2, 0.25) is 0 Å². The van der Waals surface area contributed by atoms with E-state index < -0.39 is 0 Å². The molecular weight excluding hydrogens is 274 g/mol. The van der Waals surface area contributed by atoms with Gasteiger partial charge in [0.25, 0.3) is 0 Å². The molecule has 0 spiro atoms. The Balaban J connectivity index is 1.97. The minimum atomic E-state index is -0.0283. The fourth-order valence-corrected chi connectivity index (χ4v) is 3.04. The predicted octanol–water partition coefficient (Wildman–Crippen LogP) is 3.43. The van der Waals surface area contributed by atoms with E-state index in [1.165, 1.54) is 22.2 Å². The highest BCUT2D eigenvalue weighted by molar-refractivity contribution is 5.86. The van der Waals surface area contributed by atoms with Crippen molar-refractivity contribution < 1.29 is 4.74 Å². The zero-order valence-electron chi connectivity index (χ0n) is 14.0. The van der Waals surface area contributed by atoms with E-state index in [1.54, 1.807) is 7.11 Å². The molecule has 0 saturated heterocycles. The number of benzene rings is 1. The second kappa shape index (κ2) is 5.76. The molecule has 4 nitrogen and oxygen atoms in total. The van der Waals surface area contributed by atoms with Gasteiger partial charge in [0.2, 0.25) is 0 Å². The molecule has 2 aromatic rings.